The van der Waals surface area contributed by atoms with E-state index in [9.17, 15) is 4.79 Å². The Morgan fingerprint density at radius 1 is 1.43 bits per heavy atom. The van der Waals surface area contributed by atoms with E-state index < -0.39 is 0 Å². The van der Waals surface area contributed by atoms with Gasteiger partial charge in [-0.05, 0) is 33.1 Å². The van der Waals surface area contributed by atoms with E-state index in [-0.39, 0.29) is 6.03 Å². The topological polar surface area (TPSA) is 32.3 Å². The van der Waals surface area contributed by atoms with Gasteiger partial charge in [-0.3, -0.25) is 0 Å². The van der Waals surface area contributed by atoms with Crippen molar-refractivity contribution < 1.29 is 4.79 Å². The Kier molecular flexibility index (Phi) is 4.23. The van der Waals surface area contributed by atoms with Gasteiger partial charge in [0.15, 0.2) is 0 Å². The number of hydrogen-bond acceptors (Lipinski definition) is 1. The van der Waals surface area contributed by atoms with Crippen LogP contribution in [0.3, 0.4) is 0 Å². The van der Waals surface area contributed by atoms with Crippen LogP contribution < -0.4 is 5.32 Å². The maximum Gasteiger partial charge on any atom is 0.317 e. The minimum absolute atomic E-state index is 0.0863. The zero-order valence-electron chi connectivity index (χ0n) is 9.55. The van der Waals surface area contributed by atoms with Crippen LogP contribution in [0.2, 0.25) is 0 Å². The van der Waals surface area contributed by atoms with Crippen molar-refractivity contribution in [1.82, 2.24) is 10.2 Å². The van der Waals surface area contributed by atoms with Gasteiger partial charge in [0, 0.05) is 19.1 Å². The maximum absolute atomic E-state index is 11.6. The fourth-order valence-corrected chi connectivity index (χ4v) is 1.73. The van der Waals surface area contributed by atoms with Crippen molar-refractivity contribution >= 4 is 6.03 Å². The van der Waals surface area contributed by atoms with Gasteiger partial charge in [-0.15, -0.1) is 0 Å². The fourth-order valence-electron chi connectivity index (χ4n) is 1.73. The van der Waals surface area contributed by atoms with Gasteiger partial charge in [0.25, 0.3) is 0 Å². The third-order valence-electron chi connectivity index (χ3n) is 2.80. The molecule has 1 unspecified atom stereocenters. The van der Waals surface area contributed by atoms with Crippen LogP contribution in [0.5, 0.6) is 0 Å². The van der Waals surface area contributed by atoms with Crippen molar-refractivity contribution in [1.29, 1.82) is 0 Å². The largest absolute Gasteiger partial charge is 0.336 e. The number of amides is 2. The van der Waals surface area contributed by atoms with E-state index in [0.717, 1.165) is 25.4 Å². The molecule has 0 heterocycles. The fraction of sp³-hybridized carbons (Fsp3) is 0.909. The van der Waals surface area contributed by atoms with Gasteiger partial charge in [0.2, 0.25) is 0 Å². The minimum atomic E-state index is 0.0863. The van der Waals surface area contributed by atoms with Gasteiger partial charge in [0.05, 0.1) is 0 Å². The average molecular weight is 198 g/mol. The van der Waals surface area contributed by atoms with Gasteiger partial charge >= 0.3 is 6.03 Å². The first kappa shape index (κ1) is 11.3. The summed E-state index contributed by atoms with van der Waals surface area (Å²) in [5.74, 6) is 0.877. The van der Waals surface area contributed by atoms with Crippen LogP contribution in [0.1, 0.15) is 40.0 Å². The molecule has 3 heteroatoms. The SMILES string of the molecule is CCN(CC)C(=O)NC(C)CC1CC1. The Labute approximate surface area is 86.9 Å². The Balaban J connectivity index is 2.22. The molecule has 0 aromatic heterocycles. The van der Waals surface area contributed by atoms with Crippen molar-refractivity contribution in [3.8, 4) is 0 Å². The van der Waals surface area contributed by atoms with Crippen molar-refractivity contribution in [2.45, 2.75) is 46.1 Å². The average Bonchev–Trinajstić information content (AvgIpc) is 2.90. The summed E-state index contributed by atoms with van der Waals surface area (Å²) in [5, 5.41) is 3.04. The number of nitrogens with one attached hydrogen (secondary N) is 1. The van der Waals surface area contributed by atoms with Crippen molar-refractivity contribution in [2.24, 2.45) is 5.92 Å². The second-order valence-corrected chi connectivity index (χ2v) is 4.20. The first-order valence-electron chi connectivity index (χ1n) is 5.72. The van der Waals surface area contributed by atoms with E-state index in [4.69, 9.17) is 0 Å². The van der Waals surface area contributed by atoms with Crippen LogP contribution in [0, 0.1) is 5.92 Å². The molecule has 1 saturated carbocycles. The Morgan fingerprint density at radius 2 is 2.00 bits per heavy atom. The molecule has 0 spiro atoms. The van der Waals surface area contributed by atoms with Gasteiger partial charge in [-0.1, -0.05) is 12.8 Å². The summed E-state index contributed by atoms with van der Waals surface area (Å²) in [6.07, 6.45) is 3.85. The zero-order chi connectivity index (χ0) is 10.6. The molecule has 0 bridgehead atoms. The molecule has 3 nitrogen and oxygen atoms in total. The molecule has 0 saturated heterocycles. The smallest absolute Gasteiger partial charge is 0.317 e. The Hall–Kier alpha value is -0.730. The summed E-state index contributed by atoms with van der Waals surface area (Å²) in [6, 6.07) is 0.416. The molecule has 14 heavy (non-hydrogen) atoms. The third-order valence-corrected chi connectivity index (χ3v) is 2.80. The normalized spacial score (nSPS) is 17.6. The number of rotatable bonds is 5. The lowest BCUT2D eigenvalue weighted by Crippen LogP contribution is -2.43. The van der Waals surface area contributed by atoms with Crippen molar-refractivity contribution in [3.05, 3.63) is 0 Å². The van der Waals surface area contributed by atoms with E-state index in [1.54, 1.807) is 0 Å². The summed E-state index contributed by atoms with van der Waals surface area (Å²) in [6.45, 7) is 7.69. The Morgan fingerprint density at radius 3 is 2.43 bits per heavy atom. The predicted molar refractivity (Wildman–Crippen MR) is 58.3 cm³/mol. The summed E-state index contributed by atoms with van der Waals surface area (Å²) in [5.41, 5.74) is 0. The van der Waals surface area contributed by atoms with E-state index >= 15 is 0 Å². The van der Waals surface area contributed by atoms with Gasteiger partial charge in [-0.25, -0.2) is 4.79 Å². The highest BCUT2D eigenvalue weighted by molar-refractivity contribution is 5.74. The highest BCUT2D eigenvalue weighted by atomic mass is 16.2. The molecule has 1 fully saturated rings. The number of carbonyl (C=O) groups is 1. The molecule has 1 atom stereocenters. The first-order valence-corrected chi connectivity index (χ1v) is 5.72. The lowest BCUT2D eigenvalue weighted by Gasteiger charge is -2.22. The molecule has 2 amide bonds. The molecule has 0 aromatic rings. The highest BCUT2D eigenvalue weighted by Gasteiger charge is 2.24. The van der Waals surface area contributed by atoms with Gasteiger partial charge in [0.1, 0.15) is 0 Å². The minimum Gasteiger partial charge on any atom is -0.336 e. The van der Waals surface area contributed by atoms with Crippen LogP contribution in [0.25, 0.3) is 0 Å². The maximum atomic E-state index is 11.6. The lowest BCUT2D eigenvalue weighted by molar-refractivity contribution is 0.199. The molecule has 1 aliphatic rings. The molecular weight excluding hydrogens is 176 g/mol. The number of hydrogen-bond donors (Lipinski definition) is 1. The van der Waals surface area contributed by atoms with Crippen molar-refractivity contribution in [2.75, 3.05) is 13.1 Å². The summed E-state index contributed by atoms with van der Waals surface area (Å²) in [7, 11) is 0. The van der Waals surface area contributed by atoms with E-state index in [1.165, 1.54) is 12.8 Å². The summed E-state index contributed by atoms with van der Waals surface area (Å²) < 4.78 is 0. The molecular formula is C11H22N2O. The molecule has 0 aromatic carbocycles. The highest BCUT2D eigenvalue weighted by Crippen LogP contribution is 2.33. The van der Waals surface area contributed by atoms with Crippen LogP contribution in [0.4, 0.5) is 4.79 Å². The molecule has 1 rings (SSSR count). The second-order valence-electron chi connectivity index (χ2n) is 4.20. The number of carbonyl (C=O) groups excluding carboxylic acids is 1. The molecule has 0 radical (unpaired) electrons. The van der Waals surface area contributed by atoms with Crippen LogP contribution in [-0.2, 0) is 0 Å². The van der Waals surface area contributed by atoms with Gasteiger partial charge in [-0.2, -0.15) is 0 Å². The number of nitrogens with zero attached hydrogens (tertiary/aromatic N) is 1. The molecule has 0 aliphatic heterocycles. The van der Waals surface area contributed by atoms with E-state index in [2.05, 4.69) is 12.2 Å². The summed E-state index contributed by atoms with van der Waals surface area (Å²) in [4.78, 5) is 13.5. The van der Waals surface area contributed by atoms with Crippen LogP contribution in [0.15, 0.2) is 0 Å². The molecule has 1 N–H and O–H groups in total. The van der Waals surface area contributed by atoms with Gasteiger partial charge < -0.3 is 10.2 Å². The number of urea groups is 1. The molecule has 1 aliphatic carbocycles. The van der Waals surface area contributed by atoms with E-state index in [1.807, 2.05) is 18.7 Å². The van der Waals surface area contributed by atoms with Crippen LogP contribution >= 0.6 is 0 Å². The second kappa shape index (κ2) is 5.23. The zero-order valence-corrected chi connectivity index (χ0v) is 9.55. The predicted octanol–water partition coefficient (Wildman–Crippen LogP) is 2.23. The van der Waals surface area contributed by atoms with Crippen molar-refractivity contribution in [3.63, 3.8) is 0 Å². The quantitative estimate of drug-likeness (QED) is 0.722. The molecule has 82 valence electrons. The monoisotopic (exact) mass is 198 g/mol. The van der Waals surface area contributed by atoms with E-state index in [0.29, 0.717) is 6.04 Å². The lowest BCUT2D eigenvalue weighted by atomic mass is 10.2. The third kappa shape index (κ3) is 3.56. The van der Waals surface area contributed by atoms with Crippen LogP contribution in [-0.4, -0.2) is 30.1 Å². The first-order chi connectivity index (χ1) is 6.67. The standard InChI is InChI=1S/C11H22N2O/c1-4-13(5-2)11(14)12-9(3)8-10-6-7-10/h9-10H,4-8H2,1-3H3,(H,12,14). The Bertz CT molecular complexity index is 186. The summed E-state index contributed by atoms with van der Waals surface area (Å²) >= 11 is 0.